The van der Waals surface area contributed by atoms with Crippen LogP contribution in [0.1, 0.15) is 6.92 Å². The van der Waals surface area contributed by atoms with E-state index in [1.54, 1.807) is 6.07 Å². The Labute approximate surface area is 53.1 Å². The zero-order chi connectivity index (χ0) is 7.28. The highest BCUT2D eigenvalue weighted by atomic mass is 16.4. The lowest BCUT2D eigenvalue weighted by Crippen LogP contribution is -2.33. The summed E-state index contributed by atoms with van der Waals surface area (Å²) in [5.41, 5.74) is 0. The Bertz CT molecular complexity index is 138. The maximum atomic E-state index is 10.0. The van der Waals surface area contributed by atoms with Crippen molar-refractivity contribution in [2.45, 2.75) is 13.0 Å². The normalized spacial score (nSPS) is 12.0. The molecular weight excluding hydrogens is 120 g/mol. The Morgan fingerprint density at radius 3 is 2.89 bits per heavy atom. The molecule has 0 saturated heterocycles. The SMILES string of the molecule is C[C@@H](NCC#N)C(=O)O. The van der Waals surface area contributed by atoms with Gasteiger partial charge >= 0.3 is 5.97 Å². The lowest BCUT2D eigenvalue weighted by Gasteiger charge is -2.02. The molecule has 2 N–H and O–H groups in total. The zero-order valence-electron chi connectivity index (χ0n) is 5.09. The van der Waals surface area contributed by atoms with Gasteiger partial charge in [0.15, 0.2) is 0 Å². The molecule has 0 rings (SSSR count). The maximum absolute atomic E-state index is 10.0. The van der Waals surface area contributed by atoms with Gasteiger partial charge in [0.25, 0.3) is 0 Å². The lowest BCUT2D eigenvalue weighted by molar-refractivity contribution is -0.138. The van der Waals surface area contributed by atoms with Gasteiger partial charge in [-0.15, -0.1) is 0 Å². The number of carboxylic acid groups (broad SMARTS) is 1. The van der Waals surface area contributed by atoms with Crippen LogP contribution < -0.4 is 5.32 Å². The Morgan fingerprint density at radius 1 is 2.00 bits per heavy atom. The van der Waals surface area contributed by atoms with E-state index < -0.39 is 12.0 Å². The molecule has 0 aromatic heterocycles. The molecule has 0 aliphatic carbocycles. The lowest BCUT2D eigenvalue weighted by atomic mass is 10.3. The number of nitrogens with zero attached hydrogens (tertiary/aromatic N) is 1. The Morgan fingerprint density at radius 2 is 2.56 bits per heavy atom. The topological polar surface area (TPSA) is 73.1 Å². The minimum absolute atomic E-state index is 0.0769. The van der Waals surface area contributed by atoms with E-state index in [0.717, 1.165) is 0 Å². The molecule has 0 radical (unpaired) electrons. The van der Waals surface area contributed by atoms with Gasteiger partial charge < -0.3 is 5.11 Å². The highest BCUT2D eigenvalue weighted by Crippen LogP contribution is 1.77. The molecule has 0 saturated carbocycles. The first-order valence-electron chi connectivity index (χ1n) is 2.51. The second-order valence-electron chi connectivity index (χ2n) is 1.60. The van der Waals surface area contributed by atoms with Crippen molar-refractivity contribution in [2.24, 2.45) is 0 Å². The third-order valence-corrected chi connectivity index (χ3v) is 0.858. The number of nitrogens with one attached hydrogen (secondary N) is 1. The molecule has 50 valence electrons. The molecule has 0 unspecified atom stereocenters. The fourth-order valence-electron chi connectivity index (χ4n) is 0.286. The number of nitriles is 1. The molecule has 4 heteroatoms. The van der Waals surface area contributed by atoms with Crippen molar-refractivity contribution in [3.63, 3.8) is 0 Å². The minimum Gasteiger partial charge on any atom is -0.480 e. The summed E-state index contributed by atoms with van der Waals surface area (Å²) in [7, 11) is 0. The van der Waals surface area contributed by atoms with Crippen molar-refractivity contribution in [1.82, 2.24) is 5.32 Å². The van der Waals surface area contributed by atoms with Crippen LogP contribution in [0.15, 0.2) is 0 Å². The van der Waals surface area contributed by atoms with Crippen LogP contribution in [-0.2, 0) is 4.79 Å². The monoisotopic (exact) mass is 128 g/mol. The van der Waals surface area contributed by atoms with Crippen LogP contribution in [-0.4, -0.2) is 23.7 Å². The van der Waals surface area contributed by atoms with Gasteiger partial charge in [0.2, 0.25) is 0 Å². The van der Waals surface area contributed by atoms with Crippen LogP contribution in [0.5, 0.6) is 0 Å². The number of aliphatic carboxylic acids is 1. The summed E-state index contributed by atoms with van der Waals surface area (Å²) >= 11 is 0. The second kappa shape index (κ2) is 3.87. The van der Waals surface area contributed by atoms with Gasteiger partial charge in [-0.05, 0) is 6.92 Å². The first-order chi connectivity index (χ1) is 4.18. The van der Waals surface area contributed by atoms with Crippen LogP contribution in [0.2, 0.25) is 0 Å². The van der Waals surface area contributed by atoms with Gasteiger partial charge in [-0.1, -0.05) is 0 Å². The summed E-state index contributed by atoms with van der Waals surface area (Å²) in [5.74, 6) is -0.940. The van der Waals surface area contributed by atoms with Crippen LogP contribution >= 0.6 is 0 Å². The van der Waals surface area contributed by atoms with Crippen LogP contribution in [0.25, 0.3) is 0 Å². The summed E-state index contributed by atoms with van der Waals surface area (Å²) in [6, 6.07) is 1.14. The first kappa shape index (κ1) is 7.92. The Hall–Kier alpha value is -1.08. The molecule has 0 aromatic rings. The van der Waals surface area contributed by atoms with Crippen molar-refractivity contribution >= 4 is 5.97 Å². The molecule has 4 nitrogen and oxygen atoms in total. The summed E-state index contributed by atoms with van der Waals surface area (Å²) < 4.78 is 0. The molecule has 0 aliphatic heterocycles. The molecular formula is C5H8N2O2. The second-order valence-corrected chi connectivity index (χ2v) is 1.60. The summed E-state index contributed by atoms with van der Waals surface area (Å²) in [6.07, 6.45) is 0. The predicted molar refractivity (Wildman–Crippen MR) is 30.7 cm³/mol. The summed E-state index contributed by atoms with van der Waals surface area (Å²) in [5, 5.41) is 18.7. The van der Waals surface area contributed by atoms with Gasteiger partial charge in [0, 0.05) is 0 Å². The van der Waals surface area contributed by atoms with E-state index in [0.29, 0.717) is 0 Å². The van der Waals surface area contributed by atoms with Crippen molar-refractivity contribution in [3.8, 4) is 6.07 Å². The Kier molecular flexibility index (Phi) is 3.40. The zero-order valence-corrected chi connectivity index (χ0v) is 5.09. The number of carboxylic acids is 1. The predicted octanol–water partition coefficient (Wildman–Crippen LogP) is -0.427. The first-order valence-corrected chi connectivity index (χ1v) is 2.51. The smallest absolute Gasteiger partial charge is 0.320 e. The van der Waals surface area contributed by atoms with Crippen molar-refractivity contribution < 1.29 is 9.90 Å². The van der Waals surface area contributed by atoms with Gasteiger partial charge in [0.1, 0.15) is 6.04 Å². The average molecular weight is 128 g/mol. The number of hydrogen-bond donors (Lipinski definition) is 2. The quantitative estimate of drug-likeness (QED) is 0.506. The highest BCUT2D eigenvalue weighted by Gasteiger charge is 2.07. The van der Waals surface area contributed by atoms with E-state index in [4.69, 9.17) is 10.4 Å². The van der Waals surface area contributed by atoms with Crippen LogP contribution in [0, 0.1) is 11.3 Å². The van der Waals surface area contributed by atoms with Gasteiger partial charge in [-0.3, -0.25) is 10.1 Å². The number of hydrogen-bond acceptors (Lipinski definition) is 3. The van der Waals surface area contributed by atoms with Gasteiger partial charge in [0.05, 0.1) is 12.6 Å². The van der Waals surface area contributed by atoms with E-state index in [1.807, 2.05) is 0 Å². The van der Waals surface area contributed by atoms with Gasteiger partial charge in [-0.25, -0.2) is 0 Å². The molecule has 1 atom stereocenters. The maximum Gasteiger partial charge on any atom is 0.320 e. The molecule has 0 heterocycles. The summed E-state index contributed by atoms with van der Waals surface area (Å²) in [4.78, 5) is 10.0. The standard InChI is InChI=1S/C5H8N2O2/c1-4(5(8)9)7-3-2-6/h4,7H,3H2,1H3,(H,8,9)/t4-/m1/s1. The highest BCUT2D eigenvalue weighted by molar-refractivity contribution is 5.72. The molecule has 0 bridgehead atoms. The number of rotatable bonds is 3. The molecule has 0 aliphatic rings. The van der Waals surface area contributed by atoms with E-state index in [1.165, 1.54) is 6.92 Å². The van der Waals surface area contributed by atoms with Crippen LogP contribution in [0.4, 0.5) is 0 Å². The third-order valence-electron chi connectivity index (χ3n) is 0.858. The third kappa shape index (κ3) is 3.50. The molecule has 0 spiro atoms. The fourth-order valence-corrected chi connectivity index (χ4v) is 0.286. The molecule has 0 amide bonds. The molecule has 0 aromatic carbocycles. The molecule has 9 heavy (non-hydrogen) atoms. The van der Waals surface area contributed by atoms with Crippen LogP contribution in [0.3, 0.4) is 0 Å². The minimum atomic E-state index is -0.940. The largest absolute Gasteiger partial charge is 0.480 e. The van der Waals surface area contributed by atoms with Crippen molar-refractivity contribution in [1.29, 1.82) is 5.26 Å². The number of carbonyl (C=O) groups is 1. The molecule has 0 fully saturated rings. The van der Waals surface area contributed by atoms with E-state index in [-0.39, 0.29) is 6.54 Å². The van der Waals surface area contributed by atoms with Crippen molar-refractivity contribution in [3.05, 3.63) is 0 Å². The van der Waals surface area contributed by atoms with E-state index in [2.05, 4.69) is 5.32 Å². The van der Waals surface area contributed by atoms with Gasteiger partial charge in [-0.2, -0.15) is 5.26 Å². The Balaban J connectivity index is 3.41. The average Bonchev–Trinajstić information content (AvgIpc) is 1.82. The van der Waals surface area contributed by atoms with E-state index in [9.17, 15) is 4.79 Å². The summed E-state index contributed by atoms with van der Waals surface area (Å²) in [6.45, 7) is 1.56. The van der Waals surface area contributed by atoms with Crippen molar-refractivity contribution in [2.75, 3.05) is 6.54 Å². The fraction of sp³-hybridized carbons (Fsp3) is 0.600. The van der Waals surface area contributed by atoms with E-state index >= 15 is 0 Å².